The number of aromatic amines is 1. The number of hydrogen-bond acceptors (Lipinski definition) is 5. The molecule has 0 aliphatic heterocycles. The lowest BCUT2D eigenvalue weighted by Crippen LogP contribution is -2.09. The van der Waals surface area contributed by atoms with E-state index < -0.39 is 17.5 Å². The molecule has 0 spiro atoms. The monoisotopic (exact) mass is 290 g/mol. The number of fused-ring (bicyclic) bond motifs is 1. The van der Waals surface area contributed by atoms with E-state index in [9.17, 15) is 14.0 Å². The van der Waals surface area contributed by atoms with E-state index in [0.29, 0.717) is 0 Å². The number of ether oxygens (including phenoxy) is 1. The maximum absolute atomic E-state index is 13.2. The van der Waals surface area contributed by atoms with Gasteiger partial charge >= 0.3 is 11.7 Å². The van der Waals surface area contributed by atoms with Crippen molar-refractivity contribution in [2.75, 3.05) is 0 Å². The van der Waals surface area contributed by atoms with E-state index in [-0.39, 0.29) is 22.8 Å². The van der Waals surface area contributed by atoms with E-state index in [1.807, 2.05) is 0 Å². The van der Waals surface area contributed by atoms with Gasteiger partial charge in [0.1, 0.15) is 23.5 Å². The molecule has 3 aromatic rings. The van der Waals surface area contributed by atoms with Gasteiger partial charge in [-0.3, -0.25) is 0 Å². The summed E-state index contributed by atoms with van der Waals surface area (Å²) in [6.07, 6.45) is 1.16. The third-order valence-electron chi connectivity index (χ3n) is 2.67. The molecular weight excluding hydrogens is 283 g/mol. The van der Waals surface area contributed by atoms with Gasteiger partial charge in [0.05, 0.1) is 0 Å². The number of carbonyl (C=O) groups is 1. The first-order valence-corrected chi connectivity index (χ1v) is 5.68. The van der Waals surface area contributed by atoms with Crippen LogP contribution in [0.3, 0.4) is 0 Å². The fourth-order valence-corrected chi connectivity index (χ4v) is 1.72. The zero-order chi connectivity index (χ0) is 15.0. The van der Waals surface area contributed by atoms with Gasteiger partial charge in [0.25, 0.3) is 0 Å². The second-order valence-electron chi connectivity index (χ2n) is 4.03. The van der Waals surface area contributed by atoms with Gasteiger partial charge in [-0.1, -0.05) is 0 Å². The zero-order valence-corrected chi connectivity index (χ0v) is 10.3. The van der Waals surface area contributed by atoms with Gasteiger partial charge in [0.15, 0.2) is 5.65 Å². The number of benzene rings is 1. The Morgan fingerprint density at radius 1 is 1.38 bits per heavy atom. The van der Waals surface area contributed by atoms with E-state index in [1.54, 1.807) is 0 Å². The molecule has 0 atom stereocenters. The normalized spacial score (nSPS) is 10.7. The Hall–Kier alpha value is -3.23. The fraction of sp³-hybridized carbons (Fsp3) is 0. The van der Waals surface area contributed by atoms with Crippen LogP contribution in [0.25, 0.3) is 5.65 Å². The van der Waals surface area contributed by atoms with Gasteiger partial charge in [-0.05, 0) is 12.1 Å². The van der Waals surface area contributed by atoms with Crippen molar-refractivity contribution in [3.05, 3.63) is 52.5 Å². The van der Waals surface area contributed by atoms with Gasteiger partial charge in [-0.25, -0.2) is 28.5 Å². The molecule has 9 heteroatoms. The minimum Gasteiger partial charge on any atom is -0.478 e. The lowest BCUT2D eigenvalue weighted by atomic mass is 10.2. The molecule has 0 saturated carbocycles. The largest absolute Gasteiger partial charge is 0.478 e. The van der Waals surface area contributed by atoms with Crippen molar-refractivity contribution in [3.8, 4) is 11.6 Å². The van der Waals surface area contributed by atoms with Gasteiger partial charge in [-0.15, -0.1) is 0 Å². The molecule has 2 heterocycles. The molecule has 2 N–H and O–H groups in total. The molecule has 1 aromatic carbocycles. The van der Waals surface area contributed by atoms with Gasteiger partial charge in [0, 0.05) is 12.1 Å². The number of aromatic carboxylic acids is 1. The molecule has 0 saturated heterocycles. The van der Waals surface area contributed by atoms with Crippen LogP contribution in [0.1, 0.15) is 10.4 Å². The third-order valence-corrected chi connectivity index (χ3v) is 2.67. The van der Waals surface area contributed by atoms with Gasteiger partial charge < -0.3 is 9.84 Å². The first-order valence-electron chi connectivity index (χ1n) is 5.68. The maximum Gasteiger partial charge on any atom is 0.348 e. The van der Waals surface area contributed by atoms with Crippen molar-refractivity contribution in [1.29, 1.82) is 0 Å². The molecular formula is C12H7FN4O4. The van der Waals surface area contributed by atoms with Crippen LogP contribution < -0.4 is 10.4 Å². The molecule has 3 rings (SSSR count). The lowest BCUT2D eigenvalue weighted by molar-refractivity contribution is 0.0694. The van der Waals surface area contributed by atoms with E-state index in [1.165, 1.54) is 6.07 Å². The first kappa shape index (κ1) is 12.8. The highest BCUT2D eigenvalue weighted by atomic mass is 19.1. The van der Waals surface area contributed by atoms with Crippen LogP contribution in [0, 0.1) is 5.82 Å². The van der Waals surface area contributed by atoms with Crippen molar-refractivity contribution in [2.24, 2.45) is 0 Å². The van der Waals surface area contributed by atoms with Crippen molar-refractivity contribution < 1.29 is 19.0 Å². The second kappa shape index (κ2) is 4.71. The molecule has 21 heavy (non-hydrogen) atoms. The highest BCUT2D eigenvalue weighted by molar-refractivity contribution is 5.90. The number of H-pyrrole nitrogens is 1. The van der Waals surface area contributed by atoms with Crippen LogP contribution in [-0.2, 0) is 0 Å². The SMILES string of the molecule is O=C(O)c1ccc(F)cc1Oc1cc2n[nH]c(=O)n2cn1. The topological polar surface area (TPSA) is 110 Å². The van der Waals surface area contributed by atoms with Crippen LogP contribution in [0.2, 0.25) is 0 Å². The number of halogens is 1. The first-order chi connectivity index (χ1) is 10.0. The minimum absolute atomic E-state index is 0.0189. The molecule has 0 bridgehead atoms. The van der Waals surface area contributed by atoms with E-state index in [0.717, 1.165) is 28.9 Å². The molecule has 2 aromatic heterocycles. The summed E-state index contributed by atoms with van der Waals surface area (Å²) in [5.74, 6) is -2.12. The summed E-state index contributed by atoms with van der Waals surface area (Å²) in [6.45, 7) is 0. The quantitative estimate of drug-likeness (QED) is 0.746. The summed E-state index contributed by atoms with van der Waals surface area (Å²) in [5, 5.41) is 14.9. The number of hydrogen-bond donors (Lipinski definition) is 2. The van der Waals surface area contributed by atoms with Crippen LogP contribution >= 0.6 is 0 Å². The van der Waals surface area contributed by atoms with Crippen LogP contribution in [0.5, 0.6) is 11.6 Å². The number of rotatable bonds is 3. The predicted molar refractivity (Wildman–Crippen MR) is 67.0 cm³/mol. The molecule has 0 fully saturated rings. The number of nitrogens with zero attached hydrogens (tertiary/aromatic N) is 3. The van der Waals surface area contributed by atoms with Gasteiger partial charge in [0.2, 0.25) is 5.88 Å². The Kier molecular flexibility index (Phi) is 2.87. The zero-order valence-electron chi connectivity index (χ0n) is 10.3. The molecule has 0 aliphatic rings. The van der Waals surface area contributed by atoms with Crippen molar-refractivity contribution in [1.82, 2.24) is 19.6 Å². The minimum atomic E-state index is -1.26. The van der Waals surface area contributed by atoms with E-state index in [2.05, 4.69) is 15.2 Å². The highest BCUT2D eigenvalue weighted by Gasteiger charge is 2.14. The highest BCUT2D eigenvalue weighted by Crippen LogP contribution is 2.25. The van der Waals surface area contributed by atoms with Crippen LogP contribution in [0.4, 0.5) is 4.39 Å². The molecule has 0 unspecified atom stereocenters. The summed E-state index contributed by atoms with van der Waals surface area (Å²) < 4.78 is 19.6. The predicted octanol–water partition coefficient (Wildman–Crippen LogP) is 1.05. The Balaban J connectivity index is 2.03. The van der Waals surface area contributed by atoms with Gasteiger partial charge in [-0.2, -0.15) is 5.10 Å². The molecule has 0 aliphatic carbocycles. The average molecular weight is 290 g/mol. The Labute approximate surface area is 115 Å². The summed E-state index contributed by atoms with van der Waals surface area (Å²) >= 11 is 0. The Morgan fingerprint density at radius 3 is 2.95 bits per heavy atom. The lowest BCUT2D eigenvalue weighted by Gasteiger charge is -2.07. The summed E-state index contributed by atoms with van der Waals surface area (Å²) in [4.78, 5) is 26.2. The molecule has 106 valence electrons. The summed E-state index contributed by atoms with van der Waals surface area (Å²) in [5.41, 5.74) is -0.447. The number of carboxylic acid groups (broad SMARTS) is 1. The smallest absolute Gasteiger partial charge is 0.348 e. The number of aromatic nitrogens is 4. The van der Waals surface area contributed by atoms with Crippen LogP contribution in [-0.4, -0.2) is 30.7 Å². The molecule has 0 radical (unpaired) electrons. The number of carboxylic acids is 1. The Morgan fingerprint density at radius 2 is 2.19 bits per heavy atom. The maximum atomic E-state index is 13.2. The van der Waals surface area contributed by atoms with Crippen molar-refractivity contribution in [2.45, 2.75) is 0 Å². The van der Waals surface area contributed by atoms with E-state index >= 15 is 0 Å². The van der Waals surface area contributed by atoms with Crippen molar-refractivity contribution >= 4 is 11.6 Å². The second-order valence-corrected chi connectivity index (χ2v) is 4.03. The van der Waals surface area contributed by atoms with E-state index in [4.69, 9.17) is 9.84 Å². The Bertz CT molecular complexity index is 902. The standard InChI is InChI=1S/C12H7FN4O4/c13-6-1-2-7(11(18)19)8(3-6)21-10-4-9-15-16-12(20)17(9)5-14-10/h1-5H,(H,16,20)(H,18,19). The molecule has 8 nitrogen and oxygen atoms in total. The molecule has 0 amide bonds. The average Bonchev–Trinajstić information content (AvgIpc) is 2.80. The number of nitrogens with one attached hydrogen (secondary N) is 1. The van der Waals surface area contributed by atoms with Crippen molar-refractivity contribution in [3.63, 3.8) is 0 Å². The summed E-state index contributed by atoms with van der Waals surface area (Å²) in [7, 11) is 0. The fourth-order valence-electron chi connectivity index (χ4n) is 1.72. The van der Waals surface area contributed by atoms with Crippen LogP contribution in [0.15, 0.2) is 35.4 Å². The summed E-state index contributed by atoms with van der Waals surface area (Å²) in [6, 6.07) is 4.35. The third kappa shape index (κ3) is 2.31.